The summed E-state index contributed by atoms with van der Waals surface area (Å²) < 4.78 is 33.6. The van der Waals surface area contributed by atoms with Gasteiger partial charge in [-0.05, 0) is 12.1 Å². The number of aromatic nitrogens is 3. The van der Waals surface area contributed by atoms with Gasteiger partial charge in [-0.15, -0.1) is 5.10 Å². The topological polar surface area (TPSA) is 85.6 Å². The number of fused-ring (bicyclic) bond motifs is 1. The highest BCUT2D eigenvalue weighted by Crippen LogP contribution is 2.31. The van der Waals surface area contributed by atoms with Crippen LogP contribution in [0.4, 0.5) is 5.69 Å². The number of ether oxygens (including phenoxy) is 1. The van der Waals surface area contributed by atoms with Crippen molar-refractivity contribution in [3.63, 3.8) is 0 Å². The molecule has 2 aromatic heterocycles. The fraction of sp³-hybridized carbons (Fsp3) is 0.0769. The Bertz CT molecular complexity index is 1020. The Morgan fingerprint density at radius 1 is 1.17 bits per heavy atom. The summed E-state index contributed by atoms with van der Waals surface area (Å²) in [5, 5.41) is 4.09. The van der Waals surface area contributed by atoms with Gasteiger partial charge in [0.2, 0.25) is 5.88 Å². The molecule has 0 saturated heterocycles. The number of para-hydroxylation sites is 1. The van der Waals surface area contributed by atoms with Crippen LogP contribution in [-0.4, -0.2) is 30.1 Å². The number of benzene rings is 1. The summed E-state index contributed by atoms with van der Waals surface area (Å²) in [7, 11) is -2.71. The van der Waals surface area contributed by atoms with Crippen molar-refractivity contribution in [3.05, 3.63) is 45.4 Å². The zero-order valence-electron chi connectivity index (χ0n) is 12.0. The van der Waals surface area contributed by atoms with Gasteiger partial charge in [-0.25, -0.2) is 0 Å². The molecule has 3 rings (SSSR count). The zero-order chi connectivity index (χ0) is 17.5. The van der Waals surface area contributed by atoms with E-state index in [1.165, 1.54) is 35.9 Å². The SMILES string of the molecule is COc1cc(Cl)cc2nc(S(=O)(=O)Nc3c(Cl)cccc3Cl)nn12. The lowest BCUT2D eigenvalue weighted by Crippen LogP contribution is -2.15. The normalized spacial score (nSPS) is 11.7. The van der Waals surface area contributed by atoms with Crippen molar-refractivity contribution in [2.24, 2.45) is 0 Å². The number of hydrogen-bond acceptors (Lipinski definition) is 5. The molecule has 11 heteroatoms. The molecule has 0 bridgehead atoms. The molecule has 0 amide bonds. The highest BCUT2D eigenvalue weighted by molar-refractivity contribution is 7.92. The highest BCUT2D eigenvalue weighted by Gasteiger charge is 2.24. The number of nitrogens with zero attached hydrogens (tertiary/aromatic N) is 3. The van der Waals surface area contributed by atoms with Crippen LogP contribution in [0.5, 0.6) is 5.88 Å². The summed E-state index contributed by atoms with van der Waals surface area (Å²) in [6.07, 6.45) is 0. The van der Waals surface area contributed by atoms with E-state index in [0.29, 0.717) is 5.02 Å². The smallest absolute Gasteiger partial charge is 0.299 e. The monoisotopic (exact) mass is 406 g/mol. The lowest BCUT2D eigenvalue weighted by molar-refractivity contribution is 0.384. The highest BCUT2D eigenvalue weighted by atomic mass is 35.5. The van der Waals surface area contributed by atoms with Crippen molar-refractivity contribution in [3.8, 4) is 5.88 Å². The van der Waals surface area contributed by atoms with E-state index in [9.17, 15) is 8.42 Å². The predicted molar refractivity (Wildman–Crippen MR) is 91.8 cm³/mol. The van der Waals surface area contributed by atoms with Crippen LogP contribution in [0.1, 0.15) is 0 Å². The van der Waals surface area contributed by atoms with Gasteiger partial charge in [-0.3, -0.25) is 4.72 Å². The predicted octanol–water partition coefficient (Wildman–Crippen LogP) is 3.50. The van der Waals surface area contributed by atoms with Crippen molar-refractivity contribution in [2.45, 2.75) is 5.16 Å². The number of halogens is 3. The number of rotatable bonds is 4. The Hall–Kier alpha value is -1.74. The maximum Gasteiger partial charge on any atom is 0.299 e. The van der Waals surface area contributed by atoms with Crippen LogP contribution in [0.25, 0.3) is 5.65 Å². The van der Waals surface area contributed by atoms with E-state index in [1.807, 2.05) is 0 Å². The van der Waals surface area contributed by atoms with Gasteiger partial charge in [-0.1, -0.05) is 40.9 Å². The summed E-state index contributed by atoms with van der Waals surface area (Å²) in [6.45, 7) is 0. The van der Waals surface area contributed by atoms with Crippen LogP contribution in [0.3, 0.4) is 0 Å². The average molecular weight is 408 g/mol. The first-order valence-corrected chi connectivity index (χ1v) is 9.00. The van der Waals surface area contributed by atoms with E-state index in [0.717, 1.165) is 0 Å². The molecule has 0 atom stereocenters. The summed E-state index contributed by atoms with van der Waals surface area (Å²) in [4.78, 5) is 3.96. The van der Waals surface area contributed by atoms with Crippen LogP contribution in [0.15, 0.2) is 35.5 Å². The Kier molecular flexibility index (Phi) is 4.48. The zero-order valence-corrected chi connectivity index (χ0v) is 15.1. The molecule has 1 N–H and O–H groups in total. The molecule has 3 aromatic rings. The van der Waals surface area contributed by atoms with Gasteiger partial charge in [0.1, 0.15) is 0 Å². The van der Waals surface area contributed by atoms with Crippen molar-refractivity contribution >= 4 is 56.2 Å². The quantitative estimate of drug-likeness (QED) is 0.715. The Labute approximate surface area is 152 Å². The number of hydrogen-bond donors (Lipinski definition) is 1. The molecule has 24 heavy (non-hydrogen) atoms. The van der Waals surface area contributed by atoms with Gasteiger partial charge in [0.05, 0.1) is 22.8 Å². The maximum absolute atomic E-state index is 12.5. The van der Waals surface area contributed by atoms with Gasteiger partial charge in [0.25, 0.3) is 15.2 Å². The largest absolute Gasteiger partial charge is 0.481 e. The molecular formula is C13H9Cl3N4O3S. The van der Waals surface area contributed by atoms with E-state index in [1.54, 1.807) is 6.07 Å². The van der Waals surface area contributed by atoms with Crippen LogP contribution in [-0.2, 0) is 10.0 Å². The molecule has 0 radical (unpaired) electrons. The average Bonchev–Trinajstić information content (AvgIpc) is 2.95. The van der Waals surface area contributed by atoms with Gasteiger partial charge < -0.3 is 4.74 Å². The van der Waals surface area contributed by atoms with Gasteiger partial charge >= 0.3 is 0 Å². The lowest BCUT2D eigenvalue weighted by Gasteiger charge is -2.08. The van der Waals surface area contributed by atoms with E-state index in [-0.39, 0.29) is 27.3 Å². The summed E-state index contributed by atoms with van der Waals surface area (Å²) in [6, 6.07) is 7.55. The van der Waals surface area contributed by atoms with Crippen molar-refractivity contribution in [2.75, 3.05) is 11.8 Å². The third-order valence-electron chi connectivity index (χ3n) is 3.00. The van der Waals surface area contributed by atoms with E-state index in [2.05, 4.69) is 14.8 Å². The molecule has 1 aromatic carbocycles. The first-order chi connectivity index (χ1) is 11.3. The molecule has 7 nitrogen and oxygen atoms in total. The standard InChI is InChI=1S/C13H9Cl3N4O3S/c1-23-11-6-7(14)5-10-17-13(18-20(10)11)24(21,22)19-12-8(15)3-2-4-9(12)16/h2-6,19H,1H3. The molecule has 0 unspecified atom stereocenters. The Balaban J connectivity index is 2.09. The molecule has 0 aliphatic carbocycles. The molecule has 126 valence electrons. The second kappa shape index (κ2) is 6.29. The minimum Gasteiger partial charge on any atom is -0.481 e. The fourth-order valence-corrected chi connectivity index (χ4v) is 3.72. The summed E-state index contributed by atoms with van der Waals surface area (Å²) >= 11 is 17.9. The summed E-state index contributed by atoms with van der Waals surface area (Å²) in [5.74, 6) is 0.238. The minimum atomic E-state index is -4.12. The van der Waals surface area contributed by atoms with Crippen LogP contribution < -0.4 is 9.46 Å². The van der Waals surface area contributed by atoms with E-state index >= 15 is 0 Å². The van der Waals surface area contributed by atoms with Gasteiger partial charge in [0, 0.05) is 17.2 Å². The van der Waals surface area contributed by atoms with Crippen molar-refractivity contribution < 1.29 is 13.2 Å². The molecule has 0 aliphatic rings. The van der Waals surface area contributed by atoms with Gasteiger partial charge in [0.15, 0.2) is 5.65 Å². The Morgan fingerprint density at radius 3 is 2.46 bits per heavy atom. The first kappa shape index (κ1) is 17.1. The molecule has 0 spiro atoms. The van der Waals surface area contributed by atoms with E-state index < -0.39 is 15.2 Å². The number of pyridine rings is 1. The van der Waals surface area contributed by atoms with Crippen molar-refractivity contribution in [1.29, 1.82) is 0 Å². The second-order valence-electron chi connectivity index (χ2n) is 4.58. The fourth-order valence-electron chi connectivity index (χ4n) is 1.94. The molecule has 0 aliphatic heterocycles. The van der Waals surface area contributed by atoms with Crippen LogP contribution >= 0.6 is 34.8 Å². The van der Waals surface area contributed by atoms with Gasteiger partial charge in [-0.2, -0.15) is 17.9 Å². The maximum atomic E-state index is 12.5. The third-order valence-corrected chi connectivity index (χ3v) is 4.97. The third kappa shape index (κ3) is 3.10. The van der Waals surface area contributed by atoms with Crippen LogP contribution in [0, 0.1) is 0 Å². The first-order valence-electron chi connectivity index (χ1n) is 6.39. The van der Waals surface area contributed by atoms with Crippen molar-refractivity contribution in [1.82, 2.24) is 14.6 Å². The Morgan fingerprint density at radius 2 is 1.83 bits per heavy atom. The molecule has 0 saturated carbocycles. The number of anilines is 1. The second-order valence-corrected chi connectivity index (χ2v) is 7.41. The number of methoxy groups -OCH3 is 1. The number of nitrogens with one attached hydrogen (secondary N) is 1. The molecular weight excluding hydrogens is 399 g/mol. The molecule has 2 heterocycles. The molecule has 0 fully saturated rings. The lowest BCUT2D eigenvalue weighted by atomic mass is 10.3. The van der Waals surface area contributed by atoms with Crippen LogP contribution in [0.2, 0.25) is 15.1 Å². The minimum absolute atomic E-state index is 0.0460. The van der Waals surface area contributed by atoms with E-state index in [4.69, 9.17) is 39.5 Å². The summed E-state index contributed by atoms with van der Waals surface area (Å²) in [5.41, 5.74) is 0.259. The number of sulfonamides is 1.